The number of nitrogens with one attached hydrogen (secondary N) is 2. The summed E-state index contributed by atoms with van der Waals surface area (Å²) in [6.45, 7) is 9.69. The predicted octanol–water partition coefficient (Wildman–Crippen LogP) is 7.58. The van der Waals surface area contributed by atoms with Gasteiger partial charge in [-0.15, -0.1) is 20.4 Å². The molecule has 2 amide bonds. The summed E-state index contributed by atoms with van der Waals surface area (Å²) in [4.78, 5) is 36.0. The van der Waals surface area contributed by atoms with Gasteiger partial charge in [0.05, 0.1) is 48.9 Å². The summed E-state index contributed by atoms with van der Waals surface area (Å²) in [5, 5.41) is 24.1. The molecule has 14 nitrogen and oxygen atoms in total. The van der Waals surface area contributed by atoms with E-state index in [1.165, 1.54) is 0 Å². The molecular formula is C47H49ClN10O4. The van der Waals surface area contributed by atoms with Crippen LogP contribution in [0.3, 0.4) is 0 Å². The number of fused-ring (bicyclic) bond motifs is 6. The second-order valence-corrected chi connectivity index (χ2v) is 15.6. The smallest absolute Gasteiger partial charge is 0.222 e. The molecule has 4 aromatic carbocycles. The van der Waals surface area contributed by atoms with Crippen LogP contribution < -0.4 is 20.1 Å². The lowest BCUT2D eigenvalue weighted by molar-refractivity contribution is -0.122. The topological polar surface area (TPSA) is 163 Å². The van der Waals surface area contributed by atoms with Gasteiger partial charge in [-0.1, -0.05) is 54.1 Å². The normalized spacial score (nSPS) is 15.1. The molecule has 0 fully saturated rings. The molecule has 0 aliphatic carbocycles. The third kappa shape index (κ3) is 9.01. The maximum Gasteiger partial charge on any atom is 0.222 e. The number of unbranched alkanes of at least 4 members (excludes halogenated alkanes) is 2. The van der Waals surface area contributed by atoms with Gasteiger partial charge in [-0.3, -0.25) is 28.7 Å². The molecule has 2 aliphatic heterocycles. The minimum atomic E-state index is -0.555. The van der Waals surface area contributed by atoms with Crippen molar-refractivity contribution >= 4 is 34.8 Å². The zero-order valence-electron chi connectivity index (χ0n) is 35.3. The van der Waals surface area contributed by atoms with Gasteiger partial charge in [0.2, 0.25) is 11.8 Å². The number of ether oxygens (including phenoxy) is 2. The maximum atomic E-state index is 12.9. The van der Waals surface area contributed by atoms with Crippen molar-refractivity contribution in [2.24, 2.45) is 9.98 Å². The van der Waals surface area contributed by atoms with E-state index in [1.54, 1.807) is 0 Å². The highest BCUT2D eigenvalue weighted by Gasteiger charge is 2.32. The summed E-state index contributed by atoms with van der Waals surface area (Å²) < 4.78 is 16.7. The Morgan fingerprint density at radius 2 is 1.08 bits per heavy atom. The fourth-order valence-electron chi connectivity index (χ4n) is 7.92. The number of aryl methyl sites for hydroxylation is 2. The summed E-state index contributed by atoms with van der Waals surface area (Å²) in [7, 11) is 0. The van der Waals surface area contributed by atoms with Crippen molar-refractivity contribution in [3.05, 3.63) is 142 Å². The Hall–Kier alpha value is -6.67. The Balaban J connectivity index is 0.951. The van der Waals surface area contributed by atoms with Crippen molar-refractivity contribution < 1.29 is 19.1 Å². The van der Waals surface area contributed by atoms with Crippen LogP contribution in [0.15, 0.2) is 101 Å². The molecule has 6 aromatic rings. The van der Waals surface area contributed by atoms with Gasteiger partial charge in [-0.25, -0.2) is 0 Å². The number of halogens is 1. The quantitative estimate of drug-likeness (QED) is 0.0942. The Kier molecular flexibility index (Phi) is 12.8. The molecule has 0 bridgehead atoms. The molecule has 0 spiro atoms. The van der Waals surface area contributed by atoms with Crippen LogP contribution in [0, 0.1) is 13.8 Å². The number of aromatic nitrogens is 6. The van der Waals surface area contributed by atoms with Gasteiger partial charge in [-0.2, -0.15) is 0 Å². The molecule has 2 N–H and O–H groups in total. The average molecular weight is 853 g/mol. The Morgan fingerprint density at radius 1 is 0.613 bits per heavy atom. The van der Waals surface area contributed by atoms with E-state index in [1.807, 2.05) is 128 Å². The highest BCUT2D eigenvalue weighted by molar-refractivity contribution is 6.30. The van der Waals surface area contributed by atoms with E-state index in [-0.39, 0.29) is 24.7 Å². The first-order chi connectivity index (χ1) is 30.2. The molecular weight excluding hydrogens is 804 g/mol. The third-order valence-corrected chi connectivity index (χ3v) is 11.0. The Bertz CT molecular complexity index is 2640. The zero-order valence-corrected chi connectivity index (χ0v) is 36.0. The lowest BCUT2D eigenvalue weighted by atomic mass is 10.00. The van der Waals surface area contributed by atoms with Crippen molar-refractivity contribution in [2.45, 2.75) is 71.9 Å². The first kappa shape index (κ1) is 42.0. The van der Waals surface area contributed by atoms with E-state index in [0.717, 1.165) is 70.1 Å². The van der Waals surface area contributed by atoms with Crippen LogP contribution in [0.4, 0.5) is 0 Å². The van der Waals surface area contributed by atoms with Crippen molar-refractivity contribution in [3.63, 3.8) is 0 Å². The fourth-order valence-corrected chi connectivity index (χ4v) is 8.04. The molecule has 0 saturated heterocycles. The first-order valence-corrected chi connectivity index (χ1v) is 21.5. The first-order valence-electron chi connectivity index (χ1n) is 21.1. The van der Waals surface area contributed by atoms with Gasteiger partial charge in [-0.05, 0) is 95.5 Å². The van der Waals surface area contributed by atoms with Crippen LogP contribution in [0.25, 0.3) is 11.4 Å². The van der Waals surface area contributed by atoms with Gasteiger partial charge in [0.15, 0.2) is 11.6 Å². The number of amides is 2. The largest absolute Gasteiger partial charge is 0.494 e. The zero-order chi connectivity index (χ0) is 43.2. The summed E-state index contributed by atoms with van der Waals surface area (Å²) in [6.07, 6.45) is 2.81. The number of benzene rings is 4. The Labute approximate surface area is 365 Å². The standard InChI is InChI=1S/C47H49ClN10O4/c1-5-49-42(59)27-38-46-55-53-29(3)57(46)40-21-19-34(25-36(40)44(51-38)31-13-9-7-10-14-31)61-23-11-8-12-24-62-35-20-22-41-37(26-35)45(32-15-17-33(48)18-16-32)52-39(28-43(60)50-6-2)47-56-54-30(4)58(41)47/h7,9-10,13-22,25-26,38-39H,5-6,8,11-12,23-24,27-28H2,1-4H3,(H,49,59)(H,50,60). The number of hydrogen-bond acceptors (Lipinski definition) is 10. The summed E-state index contributed by atoms with van der Waals surface area (Å²) in [6, 6.07) is 28.4. The summed E-state index contributed by atoms with van der Waals surface area (Å²) in [5.74, 6) is 3.86. The van der Waals surface area contributed by atoms with Crippen LogP contribution in [0.2, 0.25) is 5.02 Å². The van der Waals surface area contributed by atoms with E-state index < -0.39 is 12.1 Å². The van der Waals surface area contributed by atoms with Gasteiger partial charge in [0.1, 0.15) is 35.2 Å². The highest BCUT2D eigenvalue weighted by atomic mass is 35.5. The van der Waals surface area contributed by atoms with Crippen molar-refractivity contribution in [1.82, 2.24) is 40.2 Å². The molecule has 15 heteroatoms. The van der Waals surface area contributed by atoms with E-state index in [4.69, 9.17) is 31.1 Å². The highest BCUT2D eigenvalue weighted by Crippen LogP contribution is 2.36. The maximum absolute atomic E-state index is 12.9. The monoisotopic (exact) mass is 852 g/mol. The second kappa shape index (κ2) is 18.9. The number of aliphatic imine (C=N–C) groups is 2. The van der Waals surface area contributed by atoms with Gasteiger partial charge in [0.25, 0.3) is 0 Å². The Morgan fingerprint density at radius 3 is 1.55 bits per heavy atom. The molecule has 4 heterocycles. The number of carbonyl (C=O) groups excluding carboxylic acids is 2. The summed E-state index contributed by atoms with van der Waals surface area (Å²) in [5.41, 5.74) is 6.74. The molecule has 62 heavy (non-hydrogen) atoms. The third-order valence-electron chi connectivity index (χ3n) is 10.8. The van der Waals surface area contributed by atoms with Crippen LogP contribution in [0.1, 0.15) is 104 Å². The number of rotatable bonds is 16. The molecule has 2 aliphatic rings. The average Bonchev–Trinajstić information content (AvgIpc) is 3.77. The molecule has 318 valence electrons. The van der Waals surface area contributed by atoms with Crippen LogP contribution >= 0.6 is 11.6 Å². The van der Waals surface area contributed by atoms with Crippen LogP contribution in [-0.4, -0.2) is 79.1 Å². The van der Waals surface area contributed by atoms with E-state index in [2.05, 4.69) is 31.0 Å². The SMILES string of the molecule is CCNC(=O)CC1N=C(c2ccccc2)c2cc(OCCCCCOc3ccc4c(c3)C(c3ccc(Cl)cc3)=NC(CC(=O)NCC)c3nnc(C)n3-4)ccc2-n2c(C)nnc21. The van der Waals surface area contributed by atoms with E-state index >= 15 is 0 Å². The van der Waals surface area contributed by atoms with E-state index in [0.29, 0.717) is 60.4 Å². The molecule has 8 rings (SSSR count). The lowest BCUT2D eigenvalue weighted by Crippen LogP contribution is -2.25. The van der Waals surface area contributed by atoms with Gasteiger partial charge < -0.3 is 20.1 Å². The minimum absolute atomic E-state index is 0.0948. The van der Waals surface area contributed by atoms with E-state index in [9.17, 15) is 9.59 Å². The predicted molar refractivity (Wildman–Crippen MR) is 238 cm³/mol. The van der Waals surface area contributed by atoms with Crippen LogP contribution in [-0.2, 0) is 9.59 Å². The molecule has 0 radical (unpaired) electrons. The second-order valence-electron chi connectivity index (χ2n) is 15.2. The molecule has 2 atom stereocenters. The van der Waals surface area contributed by atoms with Gasteiger partial charge in [0, 0.05) is 40.4 Å². The number of nitrogens with zero attached hydrogens (tertiary/aromatic N) is 8. The van der Waals surface area contributed by atoms with Crippen molar-refractivity contribution in [1.29, 1.82) is 0 Å². The fraction of sp³-hybridized carbons (Fsp3) is 0.319. The number of hydrogen-bond donors (Lipinski definition) is 2. The van der Waals surface area contributed by atoms with Crippen LogP contribution in [0.5, 0.6) is 11.5 Å². The lowest BCUT2D eigenvalue weighted by Gasteiger charge is -2.15. The van der Waals surface area contributed by atoms with Crippen molar-refractivity contribution in [2.75, 3.05) is 26.3 Å². The minimum Gasteiger partial charge on any atom is -0.494 e. The molecule has 0 saturated carbocycles. The summed E-state index contributed by atoms with van der Waals surface area (Å²) >= 11 is 6.29. The van der Waals surface area contributed by atoms with Crippen molar-refractivity contribution in [3.8, 4) is 22.9 Å². The molecule has 2 unspecified atom stereocenters. The van der Waals surface area contributed by atoms with Gasteiger partial charge >= 0.3 is 0 Å². The number of carbonyl (C=O) groups is 2. The molecule has 2 aromatic heterocycles.